The van der Waals surface area contributed by atoms with Crippen molar-refractivity contribution in [2.75, 3.05) is 27.1 Å². The second-order valence-corrected chi connectivity index (χ2v) is 5.37. The molecule has 1 aliphatic heterocycles. The molecule has 0 spiro atoms. The maximum absolute atomic E-state index is 11.5. The van der Waals surface area contributed by atoms with Gasteiger partial charge < -0.3 is 19.3 Å². The monoisotopic (exact) mass is 299 g/mol. The van der Waals surface area contributed by atoms with Crippen molar-refractivity contribution in [3.05, 3.63) is 17.7 Å². The fourth-order valence-electron chi connectivity index (χ4n) is 2.01. The van der Waals surface area contributed by atoms with Crippen molar-refractivity contribution in [1.82, 2.24) is 5.32 Å². The largest absolute Gasteiger partial charge is 0.502 e. The van der Waals surface area contributed by atoms with Crippen molar-refractivity contribution < 1.29 is 24.1 Å². The molecule has 0 bridgehead atoms. The van der Waals surface area contributed by atoms with Crippen LogP contribution in [0.2, 0.25) is 0 Å². The third-order valence-corrected chi connectivity index (χ3v) is 4.34. The van der Waals surface area contributed by atoms with Crippen LogP contribution in [0.15, 0.2) is 12.1 Å². The number of methoxy groups -OCH3 is 3. The minimum absolute atomic E-state index is 0.0359. The highest BCUT2D eigenvalue weighted by molar-refractivity contribution is 7.99. The molecule has 1 unspecified atom stereocenters. The van der Waals surface area contributed by atoms with Gasteiger partial charge in [0, 0.05) is 5.75 Å². The Kier molecular flexibility index (Phi) is 4.61. The SMILES string of the molecule is COC(=O)[C@@H]1CSC(c2cc(OC)c(O)c(OC)c2)N1. The zero-order valence-electron chi connectivity index (χ0n) is 11.5. The maximum Gasteiger partial charge on any atom is 0.323 e. The third-order valence-electron chi connectivity index (χ3n) is 3.07. The molecule has 7 heteroatoms. The van der Waals surface area contributed by atoms with Crippen LogP contribution in [0.1, 0.15) is 10.9 Å². The summed E-state index contributed by atoms with van der Waals surface area (Å²) in [6.45, 7) is 0. The predicted octanol–water partition coefficient (Wildman–Crippen LogP) is 1.29. The molecule has 1 aromatic rings. The lowest BCUT2D eigenvalue weighted by Crippen LogP contribution is -2.34. The van der Waals surface area contributed by atoms with Gasteiger partial charge in [0.15, 0.2) is 11.5 Å². The van der Waals surface area contributed by atoms with Gasteiger partial charge >= 0.3 is 5.97 Å². The topological polar surface area (TPSA) is 77.0 Å². The fraction of sp³-hybridized carbons (Fsp3) is 0.462. The lowest BCUT2D eigenvalue weighted by atomic mass is 10.1. The molecule has 1 saturated heterocycles. The molecule has 0 aliphatic carbocycles. The quantitative estimate of drug-likeness (QED) is 0.811. The van der Waals surface area contributed by atoms with Gasteiger partial charge in [0.2, 0.25) is 5.75 Å². The van der Waals surface area contributed by atoms with E-state index in [-0.39, 0.29) is 23.1 Å². The standard InChI is InChI=1S/C13H17NO5S/c1-17-9-4-7(5-10(18-2)11(9)15)12-14-8(6-20-12)13(16)19-3/h4-5,8,12,14-15H,6H2,1-3H3/t8-,12?/m0/s1. The van der Waals surface area contributed by atoms with E-state index in [9.17, 15) is 9.90 Å². The van der Waals surface area contributed by atoms with Crippen molar-refractivity contribution >= 4 is 17.7 Å². The van der Waals surface area contributed by atoms with Crippen molar-refractivity contribution in [3.8, 4) is 17.2 Å². The number of carbonyl (C=O) groups excluding carboxylic acids is 1. The lowest BCUT2D eigenvalue weighted by Gasteiger charge is -2.16. The van der Waals surface area contributed by atoms with Crippen LogP contribution in [-0.4, -0.2) is 44.2 Å². The molecule has 2 atom stereocenters. The maximum atomic E-state index is 11.5. The molecular formula is C13H17NO5S. The number of benzene rings is 1. The number of hydrogen-bond donors (Lipinski definition) is 2. The summed E-state index contributed by atoms with van der Waals surface area (Å²) in [5, 5.41) is 13.0. The Morgan fingerprint density at radius 1 is 1.30 bits per heavy atom. The minimum Gasteiger partial charge on any atom is -0.502 e. The molecular weight excluding hydrogens is 282 g/mol. The number of rotatable bonds is 4. The van der Waals surface area contributed by atoms with Gasteiger partial charge in [-0.25, -0.2) is 0 Å². The Balaban J connectivity index is 2.23. The van der Waals surface area contributed by atoms with Crippen molar-refractivity contribution in [1.29, 1.82) is 0 Å². The van der Waals surface area contributed by atoms with E-state index < -0.39 is 0 Å². The number of thioether (sulfide) groups is 1. The highest BCUT2D eigenvalue weighted by Crippen LogP contribution is 2.42. The Morgan fingerprint density at radius 2 is 1.90 bits per heavy atom. The summed E-state index contributed by atoms with van der Waals surface area (Å²) >= 11 is 1.59. The number of hydrogen-bond acceptors (Lipinski definition) is 7. The Hall–Kier alpha value is -1.60. The predicted molar refractivity (Wildman–Crippen MR) is 75.3 cm³/mol. The van der Waals surface area contributed by atoms with Crippen LogP contribution in [0.25, 0.3) is 0 Å². The van der Waals surface area contributed by atoms with E-state index in [1.54, 1.807) is 23.9 Å². The summed E-state index contributed by atoms with van der Waals surface area (Å²) in [4.78, 5) is 11.5. The van der Waals surface area contributed by atoms with Gasteiger partial charge in [-0.2, -0.15) is 0 Å². The first kappa shape index (κ1) is 14.8. The first-order valence-corrected chi connectivity index (χ1v) is 7.06. The number of aromatic hydroxyl groups is 1. The molecule has 6 nitrogen and oxygen atoms in total. The number of phenolic OH excluding ortho intramolecular Hbond substituents is 1. The van der Waals surface area contributed by atoms with Crippen LogP contribution in [-0.2, 0) is 9.53 Å². The summed E-state index contributed by atoms with van der Waals surface area (Å²) in [5.74, 6) is 0.985. The number of carbonyl (C=O) groups is 1. The van der Waals surface area contributed by atoms with Crippen LogP contribution in [0.4, 0.5) is 0 Å². The number of nitrogens with one attached hydrogen (secondary N) is 1. The highest BCUT2D eigenvalue weighted by Gasteiger charge is 2.32. The van der Waals surface area contributed by atoms with E-state index in [0.717, 1.165) is 5.56 Å². The second kappa shape index (κ2) is 6.23. The summed E-state index contributed by atoms with van der Waals surface area (Å²) < 4.78 is 15.0. The van der Waals surface area contributed by atoms with Crippen LogP contribution in [0, 0.1) is 0 Å². The lowest BCUT2D eigenvalue weighted by molar-refractivity contribution is -0.142. The molecule has 0 saturated carbocycles. The van der Waals surface area contributed by atoms with Gasteiger partial charge in [-0.05, 0) is 17.7 Å². The molecule has 0 aromatic heterocycles. The van der Waals surface area contributed by atoms with Crippen LogP contribution < -0.4 is 14.8 Å². The molecule has 1 aliphatic rings. The molecule has 110 valence electrons. The first-order valence-electron chi connectivity index (χ1n) is 6.01. The molecule has 0 radical (unpaired) electrons. The normalized spacial score (nSPS) is 21.6. The van der Waals surface area contributed by atoms with Crippen molar-refractivity contribution in [2.24, 2.45) is 0 Å². The Bertz CT molecular complexity index is 483. The van der Waals surface area contributed by atoms with Gasteiger partial charge in [0.1, 0.15) is 6.04 Å². The number of esters is 1. The van der Waals surface area contributed by atoms with Gasteiger partial charge in [0.25, 0.3) is 0 Å². The second-order valence-electron chi connectivity index (χ2n) is 4.23. The summed E-state index contributed by atoms with van der Waals surface area (Å²) in [7, 11) is 4.32. The zero-order chi connectivity index (χ0) is 14.7. The van der Waals surface area contributed by atoms with Crippen LogP contribution in [0.3, 0.4) is 0 Å². The Labute approximate surface area is 121 Å². The van der Waals surface area contributed by atoms with E-state index in [4.69, 9.17) is 14.2 Å². The van der Waals surface area contributed by atoms with E-state index in [0.29, 0.717) is 17.3 Å². The molecule has 1 heterocycles. The molecule has 1 fully saturated rings. The van der Waals surface area contributed by atoms with E-state index in [1.807, 2.05) is 0 Å². The van der Waals surface area contributed by atoms with E-state index in [1.165, 1.54) is 21.3 Å². The summed E-state index contributed by atoms with van der Waals surface area (Å²) in [5.41, 5.74) is 0.868. The molecule has 2 N–H and O–H groups in total. The first-order chi connectivity index (χ1) is 9.60. The van der Waals surface area contributed by atoms with Crippen molar-refractivity contribution in [2.45, 2.75) is 11.4 Å². The average molecular weight is 299 g/mol. The minimum atomic E-state index is -0.333. The number of phenols is 1. The summed E-state index contributed by atoms with van der Waals surface area (Å²) in [6, 6.07) is 3.12. The molecule has 1 aromatic carbocycles. The summed E-state index contributed by atoms with van der Waals surface area (Å²) in [6.07, 6.45) is 0. The van der Waals surface area contributed by atoms with Crippen LogP contribution in [0.5, 0.6) is 17.2 Å². The fourth-order valence-corrected chi connectivity index (χ4v) is 3.21. The average Bonchev–Trinajstić information content (AvgIpc) is 2.96. The molecule has 20 heavy (non-hydrogen) atoms. The molecule has 0 amide bonds. The van der Waals surface area contributed by atoms with Gasteiger partial charge in [-0.3, -0.25) is 10.1 Å². The third kappa shape index (κ3) is 2.78. The molecule has 2 rings (SSSR count). The smallest absolute Gasteiger partial charge is 0.323 e. The van der Waals surface area contributed by atoms with Gasteiger partial charge in [-0.1, -0.05) is 0 Å². The highest BCUT2D eigenvalue weighted by atomic mass is 32.2. The van der Waals surface area contributed by atoms with Crippen LogP contribution >= 0.6 is 11.8 Å². The number of ether oxygens (including phenoxy) is 3. The van der Waals surface area contributed by atoms with Gasteiger partial charge in [-0.15, -0.1) is 11.8 Å². The zero-order valence-corrected chi connectivity index (χ0v) is 12.3. The Morgan fingerprint density at radius 3 is 2.40 bits per heavy atom. The van der Waals surface area contributed by atoms with Gasteiger partial charge in [0.05, 0.1) is 26.7 Å². The van der Waals surface area contributed by atoms with E-state index >= 15 is 0 Å². The van der Waals surface area contributed by atoms with Crippen molar-refractivity contribution in [3.63, 3.8) is 0 Å². The van der Waals surface area contributed by atoms with E-state index in [2.05, 4.69) is 5.32 Å².